The Morgan fingerprint density at radius 2 is 2.00 bits per heavy atom. The summed E-state index contributed by atoms with van der Waals surface area (Å²) in [5.74, 6) is 2.08. The van der Waals surface area contributed by atoms with Gasteiger partial charge in [0.25, 0.3) is 0 Å². The standard InChI is InChI=1S/C14H19N3O2/c1-3-18-12-8-6-11(7-9-12)14-17-16-13(19-14)5-4-10-15-2/h6-9,15H,3-5,10H2,1-2H3. The van der Waals surface area contributed by atoms with Crippen molar-refractivity contribution in [2.45, 2.75) is 19.8 Å². The Bertz CT molecular complexity index is 494. The molecule has 0 saturated heterocycles. The number of nitrogens with one attached hydrogen (secondary N) is 1. The van der Waals surface area contributed by atoms with Crippen LogP contribution < -0.4 is 10.1 Å². The van der Waals surface area contributed by atoms with Crippen molar-refractivity contribution in [2.24, 2.45) is 0 Å². The van der Waals surface area contributed by atoms with Crippen molar-refractivity contribution in [1.82, 2.24) is 15.5 Å². The summed E-state index contributed by atoms with van der Waals surface area (Å²) in [5, 5.41) is 11.2. The SMILES string of the molecule is CCOc1ccc(-c2nnc(CCCNC)o2)cc1. The summed E-state index contributed by atoms with van der Waals surface area (Å²) < 4.78 is 11.0. The lowest BCUT2D eigenvalue weighted by molar-refractivity contribution is 0.340. The fraction of sp³-hybridized carbons (Fsp3) is 0.429. The van der Waals surface area contributed by atoms with Gasteiger partial charge in [0.15, 0.2) is 0 Å². The third kappa shape index (κ3) is 3.79. The molecule has 1 N–H and O–H groups in total. The van der Waals surface area contributed by atoms with E-state index in [1.54, 1.807) is 0 Å². The van der Waals surface area contributed by atoms with Gasteiger partial charge in [-0.1, -0.05) is 0 Å². The molecule has 0 saturated carbocycles. The van der Waals surface area contributed by atoms with E-state index in [-0.39, 0.29) is 0 Å². The van der Waals surface area contributed by atoms with Gasteiger partial charge in [0.1, 0.15) is 5.75 Å². The van der Waals surface area contributed by atoms with E-state index in [1.807, 2.05) is 38.2 Å². The number of ether oxygens (including phenoxy) is 1. The van der Waals surface area contributed by atoms with Crippen LogP contribution in [0.5, 0.6) is 5.75 Å². The minimum absolute atomic E-state index is 0.558. The second-order valence-electron chi connectivity index (χ2n) is 4.17. The van der Waals surface area contributed by atoms with Crippen molar-refractivity contribution in [1.29, 1.82) is 0 Å². The highest BCUT2D eigenvalue weighted by molar-refractivity contribution is 5.53. The first-order chi connectivity index (χ1) is 9.33. The third-order valence-electron chi connectivity index (χ3n) is 2.70. The summed E-state index contributed by atoms with van der Waals surface area (Å²) >= 11 is 0. The van der Waals surface area contributed by atoms with Crippen molar-refractivity contribution in [3.8, 4) is 17.2 Å². The number of aryl methyl sites for hydroxylation is 1. The largest absolute Gasteiger partial charge is 0.494 e. The number of aromatic nitrogens is 2. The second kappa shape index (κ2) is 6.89. The minimum Gasteiger partial charge on any atom is -0.494 e. The Hall–Kier alpha value is -1.88. The number of benzene rings is 1. The Kier molecular flexibility index (Phi) is 4.92. The van der Waals surface area contributed by atoms with Crippen molar-refractivity contribution >= 4 is 0 Å². The molecule has 102 valence electrons. The maximum Gasteiger partial charge on any atom is 0.247 e. The zero-order valence-electron chi connectivity index (χ0n) is 11.3. The molecule has 5 nitrogen and oxygen atoms in total. The third-order valence-corrected chi connectivity index (χ3v) is 2.70. The average molecular weight is 261 g/mol. The lowest BCUT2D eigenvalue weighted by atomic mass is 10.2. The van der Waals surface area contributed by atoms with Gasteiger partial charge in [-0.05, 0) is 51.2 Å². The van der Waals surface area contributed by atoms with Crippen molar-refractivity contribution in [2.75, 3.05) is 20.2 Å². The lowest BCUT2D eigenvalue weighted by Crippen LogP contribution is -2.08. The molecule has 0 atom stereocenters. The quantitative estimate of drug-likeness (QED) is 0.775. The van der Waals surface area contributed by atoms with Gasteiger partial charge in [0, 0.05) is 12.0 Å². The number of hydrogen-bond acceptors (Lipinski definition) is 5. The summed E-state index contributed by atoms with van der Waals surface area (Å²) in [6.07, 6.45) is 1.78. The maximum atomic E-state index is 5.63. The number of rotatable bonds is 7. The van der Waals surface area contributed by atoms with Crippen molar-refractivity contribution in [3.05, 3.63) is 30.2 Å². The minimum atomic E-state index is 0.558. The van der Waals surface area contributed by atoms with Crippen LogP contribution in [0.25, 0.3) is 11.5 Å². The molecular weight excluding hydrogens is 242 g/mol. The Morgan fingerprint density at radius 3 is 2.68 bits per heavy atom. The first-order valence-corrected chi connectivity index (χ1v) is 6.53. The molecule has 19 heavy (non-hydrogen) atoms. The highest BCUT2D eigenvalue weighted by Crippen LogP contribution is 2.21. The molecule has 1 aromatic heterocycles. The van der Waals surface area contributed by atoms with E-state index >= 15 is 0 Å². The average Bonchev–Trinajstić information content (AvgIpc) is 2.89. The van der Waals surface area contributed by atoms with Gasteiger partial charge in [-0.2, -0.15) is 0 Å². The Morgan fingerprint density at radius 1 is 1.21 bits per heavy atom. The molecule has 0 aliphatic carbocycles. The highest BCUT2D eigenvalue weighted by Gasteiger charge is 2.08. The molecule has 5 heteroatoms. The monoisotopic (exact) mass is 261 g/mol. The zero-order valence-corrected chi connectivity index (χ0v) is 11.3. The molecule has 1 heterocycles. The van der Waals surface area contributed by atoms with Gasteiger partial charge in [-0.3, -0.25) is 0 Å². The van der Waals surface area contributed by atoms with Gasteiger partial charge >= 0.3 is 0 Å². The molecule has 0 unspecified atom stereocenters. The van der Waals surface area contributed by atoms with Crippen LogP contribution in [-0.4, -0.2) is 30.4 Å². The topological polar surface area (TPSA) is 60.2 Å². The maximum absolute atomic E-state index is 5.63. The molecular formula is C14H19N3O2. The van der Waals surface area contributed by atoms with Crippen LogP contribution in [0, 0.1) is 0 Å². The lowest BCUT2D eigenvalue weighted by Gasteiger charge is -2.02. The highest BCUT2D eigenvalue weighted by atomic mass is 16.5. The molecule has 2 aromatic rings. The predicted octanol–water partition coefficient (Wildman–Crippen LogP) is 2.29. The molecule has 1 aromatic carbocycles. The van der Waals surface area contributed by atoms with Gasteiger partial charge in [-0.25, -0.2) is 0 Å². The fourth-order valence-corrected chi connectivity index (χ4v) is 1.75. The molecule has 0 amide bonds. The van der Waals surface area contributed by atoms with Gasteiger partial charge in [0.2, 0.25) is 11.8 Å². The van der Waals surface area contributed by atoms with E-state index in [9.17, 15) is 0 Å². The molecule has 0 aliphatic heterocycles. The summed E-state index contributed by atoms with van der Waals surface area (Å²) in [4.78, 5) is 0. The van der Waals surface area contributed by atoms with Crippen LogP contribution in [0.1, 0.15) is 19.2 Å². The Labute approximate surface area is 113 Å². The van der Waals surface area contributed by atoms with E-state index in [0.717, 1.165) is 30.7 Å². The van der Waals surface area contributed by atoms with Gasteiger partial charge in [-0.15, -0.1) is 10.2 Å². The van der Waals surface area contributed by atoms with E-state index in [1.165, 1.54) is 0 Å². The van der Waals surface area contributed by atoms with E-state index in [2.05, 4.69) is 15.5 Å². The predicted molar refractivity (Wildman–Crippen MR) is 73.2 cm³/mol. The number of hydrogen-bond donors (Lipinski definition) is 1. The summed E-state index contributed by atoms with van der Waals surface area (Å²) in [5.41, 5.74) is 0.913. The first-order valence-electron chi connectivity index (χ1n) is 6.53. The molecule has 0 fully saturated rings. The first kappa shape index (κ1) is 13.5. The van der Waals surface area contributed by atoms with Crippen LogP contribution in [0.3, 0.4) is 0 Å². The summed E-state index contributed by atoms with van der Waals surface area (Å²) in [7, 11) is 1.93. The van der Waals surface area contributed by atoms with E-state index in [4.69, 9.17) is 9.15 Å². The van der Waals surface area contributed by atoms with Crippen LogP contribution in [0.15, 0.2) is 28.7 Å². The summed E-state index contributed by atoms with van der Waals surface area (Å²) in [6.45, 7) is 3.57. The normalized spacial score (nSPS) is 10.6. The molecule has 0 spiro atoms. The van der Waals surface area contributed by atoms with Crippen LogP contribution in [0.2, 0.25) is 0 Å². The van der Waals surface area contributed by atoms with Gasteiger partial charge < -0.3 is 14.5 Å². The fourth-order valence-electron chi connectivity index (χ4n) is 1.75. The van der Waals surface area contributed by atoms with Crippen LogP contribution in [0.4, 0.5) is 0 Å². The Balaban J connectivity index is 2.01. The van der Waals surface area contributed by atoms with Crippen LogP contribution in [-0.2, 0) is 6.42 Å². The molecule has 0 radical (unpaired) electrons. The smallest absolute Gasteiger partial charge is 0.247 e. The van der Waals surface area contributed by atoms with E-state index < -0.39 is 0 Å². The summed E-state index contributed by atoms with van der Waals surface area (Å²) in [6, 6.07) is 7.67. The molecule has 0 bridgehead atoms. The van der Waals surface area contributed by atoms with Crippen molar-refractivity contribution in [3.63, 3.8) is 0 Å². The number of nitrogens with zero attached hydrogens (tertiary/aromatic N) is 2. The zero-order chi connectivity index (χ0) is 13.5. The molecule has 0 aliphatic rings. The van der Waals surface area contributed by atoms with Crippen molar-refractivity contribution < 1.29 is 9.15 Å². The molecule has 2 rings (SSSR count). The van der Waals surface area contributed by atoms with Crippen LogP contribution >= 0.6 is 0 Å². The van der Waals surface area contributed by atoms with E-state index in [0.29, 0.717) is 18.4 Å². The van der Waals surface area contributed by atoms with Gasteiger partial charge in [0.05, 0.1) is 6.61 Å². The second-order valence-corrected chi connectivity index (χ2v) is 4.17.